The highest BCUT2D eigenvalue weighted by atomic mass is 35.5. The smallest absolute Gasteiger partial charge is 0.305 e. The molecule has 1 aromatic rings. The second kappa shape index (κ2) is 6.93. The number of hydrogen-bond acceptors (Lipinski definition) is 5. The number of thioether (sulfide) groups is 1. The first-order chi connectivity index (χ1) is 9.95. The van der Waals surface area contributed by atoms with Crippen LogP contribution < -0.4 is 5.32 Å². The summed E-state index contributed by atoms with van der Waals surface area (Å²) in [4.78, 5) is 22.1. The average Bonchev–Trinajstić information content (AvgIpc) is 2.72. The molecule has 9 heteroatoms. The van der Waals surface area contributed by atoms with Crippen molar-refractivity contribution in [2.24, 2.45) is 10.2 Å². The minimum absolute atomic E-state index is 0.257. The van der Waals surface area contributed by atoms with Gasteiger partial charge in [-0.2, -0.15) is 5.10 Å². The fourth-order valence-electron chi connectivity index (χ4n) is 1.49. The summed E-state index contributed by atoms with van der Waals surface area (Å²) in [5.41, 5.74) is 0.627. The lowest BCUT2D eigenvalue weighted by atomic mass is 10.2. The van der Waals surface area contributed by atoms with E-state index in [-0.39, 0.29) is 17.5 Å². The van der Waals surface area contributed by atoms with Gasteiger partial charge in [0.15, 0.2) is 5.17 Å². The summed E-state index contributed by atoms with van der Waals surface area (Å²) in [6.45, 7) is 0. The second-order valence-electron chi connectivity index (χ2n) is 4.01. The van der Waals surface area contributed by atoms with Gasteiger partial charge in [0.05, 0.1) is 17.7 Å². The number of amidine groups is 1. The molecule has 0 unspecified atom stereocenters. The van der Waals surface area contributed by atoms with Gasteiger partial charge >= 0.3 is 5.97 Å². The predicted octanol–water partition coefficient (Wildman–Crippen LogP) is 2.39. The number of carbonyl (C=O) groups excluding carboxylic acids is 1. The van der Waals surface area contributed by atoms with Gasteiger partial charge in [-0.25, -0.2) is 0 Å². The van der Waals surface area contributed by atoms with Crippen LogP contribution in [-0.2, 0) is 9.59 Å². The van der Waals surface area contributed by atoms with Crippen molar-refractivity contribution in [3.8, 4) is 0 Å². The molecule has 110 valence electrons. The number of halogens is 2. The molecule has 1 amide bonds. The Morgan fingerprint density at radius 2 is 2.24 bits per heavy atom. The molecule has 2 rings (SSSR count). The number of amides is 1. The van der Waals surface area contributed by atoms with Crippen molar-refractivity contribution in [1.82, 2.24) is 5.32 Å². The molecule has 0 aromatic heterocycles. The number of carboxylic acid groups (broad SMARTS) is 1. The number of carbonyl (C=O) groups is 2. The minimum Gasteiger partial charge on any atom is -0.481 e. The van der Waals surface area contributed by atoms with Crippen LogP contribution in [-0.4, -0.2) is 33.6 Å². The molecular weight excluding hydrogens is 337 g/mol. The maximum absolute atomic E-state index is 11.5. The molecule has 0 saturated carbocycles. The summed E-state index contributed by atoms with van der Waals surface area (Å²) >= 11 is 12.8. The van der Waals surface area contributed by atoms with Gasteiger partial charge in [-0.1, -0.05) is 41.0 Å². The molecule has 1 saturated heterocycles. The molecule has 1 aromatic carbocycles. The number of benzene rings is 1. The first-order valence-electron chi connectivity index (χ1n) is 5.71. The molecular formula is C12H9Cl2N3O3S. The molecule has 1 aliphatic rings. The van der Waals surface area contributed by atoms with E-state index >= 15 is 0 Å². The lowest BCUT2D eigenvalue weighted by Crippen LogP contribution is -2.26. The van der Waals surface area contributed by atoms with Gasteiger partial charge in [0.25, 0.3) is 0 Å². The normalized spacial score (nSPS) is 20.2. The lowest BCUT2D eigenvalue weighted by Gasteiger charge is -1.98. The number of carboxylic acids is 1. The quantitative estimate of drug-likeness (QED) is 0.647. The Hall–Kier alpha value is -1.57. The Morgan fingerprint density at radius 3 is 2.90 bits per heavy atom. The van der Waals surface area contributed by atoms with Crippen LogP contribution in [0.15, 0.2) is 28.4 Å². The van der Waals surface area contributed by atoms with Gasteiger partial charge < -0.3 is 10.4 Å². The first kappa shape index (κ1) is 15.8. The third kappa shape index (κ3) is 4.45. The molecule has 0 radical (unpaired) electrons. The highest BCUT2D eigenvalue weighted by Gasteiger charge is 2.32. The Bertz CT molecular complexity index is 649. The van der Waals surface area contributed by atoms with Crippen molar-refractivity contribution in [3.05, 3.63) is 33.8 Å². The van der Waals surface area contributed by atoms with Crippen molar-refractivity contribution in [2.75, 3.05) is 0 Å². The summed E-state index contributed by atoms with van der Waals surface area (Å²) in [6, 6.07) is 4.92. The summed E-state index contributed by atoms with van der Waals surface area (Å²) < 4.78 is 0. The number of hydrogen-bond donors (Lipinski definition) is 2. The second-order valence-corrected chi connectivity index (χ2v) is 6.04. The summed E-state index contributed by atoms with van der Waals surface area (Å²) in [6.07, 6.45) is 1.16. The zero-order valence-electron chi connectivity index (χ0n) is 10.4. The maximum atomic E-state index is 11.5. The molecule has 0 aliphatic carbocycles. The predicted molar refractivity (Wildman–Crippen MR) is 83.3 cm³/mol. The van der Waals surface area contributed by atoms with Gasteiger partial charge in [0.1, 0.15) is 5.25 Å². The van der Waals surface area contributed by atoms with Crippen LogP contribution in [0.2, 0.25) is 10.0 Å². The van der Waals surface area contributed by atoms with Crippen molar-refractivity contribution >= 4 is 58.2 Å². The molecule has 1 aliphatic heterocycles. The van der Waals surface area contributed by atoms with Crippen molar-refractivity contribution < 1.29 is 14.7 Å². The zero-order valence-corrected chi connectivity index (χ0v) is 12.7. The van der Waals surface area contributed by atoms with Gasteiger partial charge in [-0.15, -0.1) is 5.10 Å². The first-order valence-corrected chi connectivity index (χ1v) is 7.34. The van der Waals surface area contributed by atoms with E-state index in [9.17, 15) is 9.59 Å². The third-order valence-electron chi connectivity index (χ3n) is 2.44. The minimum atomic E-state index is -1.04. The van der Waals surface area contributed by atoms with Crippen molar-refractivity contribution in [3.63, 3.8) is 0 Å². The van der Waals surface area contributed by atoms with Crippen LogP contribution >= 0.6 is 35.0 Å². The molecule has 2 N–H and O–H groups in total. The topological polar surface area (TPSA) is 91.1 Å². The number of rotatable bonds is 4. The van der Waals surface area contributed by atoms with Crippen LogP contribution in [0.1, 0.15) is 12.0 Å². The van der Waals surface area contributed by atoms with Crippen LogP contribution in [0.25, 0.3) is 0 Å². The summed E-state index contributed by atoms with van der Waals surface area (Å²) in [7, 11) is 0. The van der Waals surface area contributed by atoms with E-state index in [1.54, 1.807) is 18.2 Å². The standard InChI is InChI=1S/C12H9Cl2N3O3S/c13-7-2-1-6(8(14)3-7)5-15-17-12-16-11(20)9(21-12)4-10(18)19/h1-3,5,9H,4H2,(H,18,19)(H,16,17,20)/b15-5-/t9-/m0/s1. The highest BCUT2D eigenvalue weighted by Crippen LogP contribution is 2.22. The molecule has 1 fully saturated rings. The van der Waals surface area contributed by atoms with Gasteiger partial charge in [0, 0.05) is 10.6 Å². The van der Waals surface area contributed by atoms with Crippen molar-refractivity contribution in [1.29, 1.82) is 0 Å². The van der Waals surface area contributed by atoms with E-state index in [1.165, 1.54) is 6.21 Å². The Balaban J connectivity index is 2.03. The van der Waals surface area contributed by atoms with Crippen LogP contribution in [0, 0.1) is 0 Å². The fourth-order valence-corrected chi connectivity index (χ4v) is 2.87. The van der Waals surface area contributed by atoms with E-state index in [0.717, 1.165) is 11.8 Å². The third-order valence-corrected chi connectivity index (χ3v) is 4.08. The average molecular weight is 346 g/mol. The van der Waals surface area contributed by atoms with Crippen LogP contribution in [0.4, 0.5) is 0 Å². The monoisotopic (exact) mass is 345 g/mol. The van der Waals surface area contributed by atoms with E-state index in [4.69, 9.17) is 28.3 Å². The lowest BCUT2D eigenvalue weighted by molar-refractivity contribution is -0.138. The number of nitrogens with zero attached hydrogens (tertiary/aromatic N) is 2. The molecule has 0 spiro atoms. The molecule has 1 heterocycles. The SMILES string of the molecule is O=C(O)C[C@@H]1S/C(=N\N=C/c2ccc(Cl)cc2Cl)NC1=O. The van der Waals surface area contributed by atoms with Gasteiger partial charge in [-0.3, -0.25) is 9.59 Å². The van der Waals surface area contributed by atoms with E-state index < -0.39 is 11.2 Å². The van der Waals surface area contributed by atoms with Crippen molar-refractivity contribution in [2.45, 2.75) is 11.7 Å². The summed E-state index contributed by atoms with van der Waals surface area (Å²) in [5.74, 6) is -1.43. The summed E-state index contributed by atoms with van der Waals surface area (Å²) in [5, 5.41) is 19.3. The number of nitrogens with one attached hydrogen (secondary N) is 1. The number of aliphatic carboxylic acids is 1. The Kier molecular flexibility index (Phi) is 5.22. The Morgan fingerprint density at radius 1 is 1.48 bits per heavy atom. The van der Waals surface area contributed by atoms with E-state index in [0.29, 0.717) is 15.6 Å². The maximum Gasteiger partial charge on any atom is 0.305 e. The molecule has 21 heavy (non-hydrogen) atoms. The van der Waals surface area contributed by atoms with Gasteiger partial charge in [0.2, 0.25) is 5.91 Å². The van der Waals surface area contributed by atoms with E-state index in [2.05, 4.69) is 15.5 Å². The van der Waals surface area contributed by atoms with Crippen LogP contribution in [0.3, 0.4) is 0 Å². The molecule has 6 nitrogen and oxygen atoms in total. The zero-order chi connectivity index (χ0) is 15.4. The van der Waals surface area contributed by atoms with Crippen LogP contribution in [0.5, 0.6) is 0 Å². The highest BCUT2D eigenvalue weighted by molar-refractivity contribution is 8.15. The van der Waals surface area contributed by atoms with E-state index in [1.807, 2.05) is 0 Å². The Labute approximate surface area is 134 Å². The van der Waals surface area contributed by atoms with Gasteiger partial charge in [-0.05, 0) is 12.1 Å². The fraction of sp³-hybridized carbons (Fsp3) is 0.167. The molecule has 0 bridgehead atoms. The molecule has 1 atom stereocenters. The largest absolute Gasteiger partial charge is 0.481 e.